The van der Waals surface area contributed by atoms with E-state index in [4.69, 9.17) is 9.97 Å². The fourth-order valence-electron chi connectivity index (χ4n) is 8.59. The van der Waals surface area contributed by atoms with Crippen molar-refractivity contribution in [3.8, 4) is 67.5 Å². The molecule has 322 valence electrons. The van der Waals surface area contributed by atoms with Gasteiger partial charge >= 0.3 is 0 Å². The number of pyridine rings is 1. The van der Waals surface area contributed by atoms with Crippen LogP contribution >= 0.6 is 0 Å². The van der Waals surface area contributed by atoms with Crippen LogP contribution in [0.2, 0.25) is 0 Å². The van der Waals surface area contributed by atoms with Crippen LogP contribution in [-0.4, -0.2) is 19.6 Å². The van der Waals surface area contributed by atoms with Crippen molar-refractivity contribution in [2.24, 2.45) is 0 Å². The molecule has 0 amide bonds. The minimum atomic E-state index is -0.161. The molecule has 0 fully saturated rings. The quantitative estimate of drug-likeness (QED) is 0.154. The Bertz CT molecular complexity index is 3100. The van der Waals surface area contributed by atoms with Gasteiger partial charge in [0, 0.05) is 43.9 Å². The van der Waals surface area contributed by atoms with Crippen molar-refractivity contribution in [1.29, 1.82) is 0 Å². The molecule has 0 atom stereocenters. The number of hydrogen-bond donors (Lipinski definition) is 1. The van der Waals surface area contributed by atoms with Gasteiger partial charge in [-0.05, 0) is 80.6 Å². The van der Waals surface area contributed by atoms with Crippen molar-refractivity contribution in [3.05, 3.63) is 204 Å². The molecule has 9 aromatic rings. The molecule has 2 heterocycles. The number of para-hydroxylation sites is 2. The van der Waals surface area contributed by atoms with Crippen molar-refractivity contribution in [2.75, 3.05) is 0 Å². The summed E-state index contributed by atoms with van der Waals surface area (Å²) >= 11 is 0. The Morgan fingerprint density at radius 3 is 1.78 bits per heavy atom. The summed E-state index contributed by atoms with van der Waals surface area (Å²) < 4.78 is 2.22. The van der Waals surface area contributed by atoms with E-state index >= 15 is 0 Å². The van der Waals surface area contributed by atoms with Crippen molar-refractivity contribution in [3.63, 3.8) is 0 Å². The zero-order valence-corrected chi connectivity index (χ0v) is 40.1. The third-order valence-corrected chi connectivity index (χ3v) is 12.5. The predicted octanol–water partition coefficient (Wildman–Crippen LogP) is 15.2. The Hall–Kier alpha value is -6.35. The van der Waals surface area contributed by atoms with Crippen LogP contribution < -0.4 is 0 Å². The number of hydrogen-bond acceptors (Lipinski definition) is 3. The zero-order valence-electron chi connectivity index (χ0n) is 37.8. The number of aromatic hydroxyl groups is 1. The van der Waals surface area contributed by atoms with Crippen LogP contribution in [0.5, 0.6) is 5.75 Å². The Morgan fingerprint density at radius 1 is 0.484 bits per heavy atom. The van der Waals surface area contributed by atoms with Gasteiger partial charge in [0.2, 0.25) is 0 Å². The van der Waals surface area contributed by atoms with Crippen LogP contribution in [-0.2, 0) is 37.3 Å². The van der Waals surface area contributed by atoms with E-state index in [1.807, 2.05) is 24.4 Å². The molecule has 0 aliphatic carbocycles. The van der Waals surface area contributed by atoms with E-state index in [1.54, 1.807) is 6.07 Å². The van der Waals surface area contributed by atoms with Crippen molar-refractivity contribution >= 4 is 11.0 Å². The Morgan fingerprint density at radius 2 is 1.09 bits per heavy atom. The summed E-state index contributed by atoms with van der Waals surface area (Å²) in [6.07, 6.45) is 1.90. The molecule has 4 nitrogen and oxygen atoms in total. The molecule has 0 aliphatic heterocycles. The smallest absolute Gasteiger partial charge is 0.148 e. The normalized spacial score (nSPS) is 12.0. The van der Waals surface area contributed by atoms with E-state index in [9.17, 15) is 5.11 Å². The third kappa shape index (κ3) is 8.52. The minimum absolute atomic E-state index is 0. The van der Waals surface area contributed by atoms with Crippen LogP contribution in [0.15, 0.2) is 176 Å². The molecular formula is C59H54N3OPt-. The second-order valence-electron chi connectivity index (χ2n) is 19.3. The van der Waals surface area contributed by atoms with Crippen LogP contribution in [0, 0.1) is 6.07 Å². The van der Waals surface area contributed by atoms with Gasteiger partial charge in [-0.3, -0.25) is 9.55 Å². The van der Waals surface area contributed by atoms with Gasteiger partial charge in [0.1, 0.15) is 11.6 Å². The zero-order chi connectivity index (χ0) is 44.1. The van der Waals surface area contributed by atoms with E-state index in [1.165, 1.54) is 22.3 Å². The summed E-state index contributed by atoms with van der Waals surface area (Å²) in [5, 5.41) is 11.4. The maximum absolute atomic E-state index is 11.4. The Kier molecular flexibility index (Phi) is 12.0. The van der Waals surface area contributed by atoms with Gasteiger partial charge in [0.05, 0.1) is 22.3 Å². The number of aromatic nitrogens is 3. The third-order valence-electron chi connectivity index (χ3n) is 12.5. The average Bonchev–Trinajstić information content (AvgIpc) is 3.68. The van der Waals surface area contributed by atoms with Crippen LogP contribution in [0.4, 0.5) is 0 Å². The molecule has 0 aliphatic rings. The molecule has 0 bridgehead atoms. The fraction of sp³-hybridized carbons (Fsp3) is 0.186. The molecular weight excluding hydrogens is 962 g/mol. The molecule has 64 heavy (non-hydrogen) atoms. The number of nitrogens with zero attached hydrogens (tertiary/aromatic N) is 3. The number of rotatable bonds is 8. The molecule has 0 spiro atoms. The monoisotopic (exact) mass is 1020 g/mol. The maximum atomic E-state index is 11.4. The summed E-state index contributed by atoms with van der Waals surface area (Å²) in [6, 6.07) is 63.3. The van der Waals surface area contributed by atoms with Gasteiger partial charge in [0.15, 0.2) is 0 Å². The van der Waals surface area contributed by atoms with Gasteiger partial charge < -0.3 is 5.11 Å². The molecule has 5 heteroatoms. The Labute approximate surface area is 393 Å². The minimum Gasteiger partial charge on any atom is -0.507 e. The number of benzene rings is 7. The summed E-state index contributed by atoms with van der Waals surface area (Å²) in [6.45, 7) is 18.0. The first kappa shape index (κ1) is 44.3. The van der Waals surface area contributed by atoms with Gasteiger partial charge in [-0.1, -0.05) is 188 Å². The molecule has 9 rings (SSSR count). The van der Waals surface area contributed by atoms with E-state index < -0.39 is 0 Å². The van der Waals surface area contributed by atoms with Gasteiger partial charge in [-0.2, -0.15) is 0 Å². The molecule has 7 aromatic carbocycles. The number of phenols is 1. The summed E-state index contributed by atoms with van der Waals surface area (Å²) in [5.74, 6) is 0.836. The van der Waals surface area contributed by atoms with Gasteiger partial charge in [0.25, 0.3) is 0 Å². The van der Waals surface area contributed by atoms with E-state index in [-0.39, 0.29) is 43.1 Å². The summed E-state index contributed by atoms with van der Waals surface area (Å²) in [4.78, 5) is 10.4. The summed E-state index contributed by atoms with van der Waals surface area (Å²) in [7, 11) is 0. The van der Waals surface area contributed by atoms with Crippen molar-refractivity contribution < 1.29 is 26.2 Å². The molecule has 0 unspecified atom stereocenters. The number of fused-ring (bicyclic) bond motifs is 1. The Balaban J connectivity index is 0.00000560. The molecule has 2 aromatic heterocycles. The number of imidazole rings is 1. The first-order valence-corrected chi connectivity index (χ1v) is 21.9. The topological polar surface area (TPSA) is 50.9 Å². The van der Waals surface area contributed by atoms with Gasteiger partial charge in [-0.25, -0.2) is 4.98 Å². The van der Waals surface area contributed by atoms with Crippen LogP contribution in [0.1, 0.15) is 77.6 Å². The predicted molar refractivity (Wildman–Crippen MR) is 263 cm³/mol. The first-order valence-electron chi connectivity index (χ1n) is 21.9. The maximum Gasteiger partial charge on any atom is 0.148 e. The van der Waals surface area contributed by atoms with E-state index in [0.29, 0.717) is 11.4 Å². The van der Waals surface area contributed by atoms with Crippen LogP contribution in [0.25, 0.3) is 72.7 Å². The van der Waals surface area contributed by atoms with Gasteiger partial charge in [-0.15, -0.1) is 29.3 Å². The molecule has 0 saturated heterocycles. The molecule has 1 N–H and O–H groups in total. The first-order chi connectivity index (χ1) is 30.2. The van der Waals surface area contributed by atoms with E-state index in [0.717, 1.165) is 61.4 Å². The molecule has 0 radical (unpaired) electrons. The second-order valence-corrected chi connectivity index (χ2v) is 19.3. The largest absolute Gasteiger partial charge is 0.507 e. The van der Waals surface area contributed by atoms with E-state index in [2.05, 4.69) is 212 Å². The average molecular weight is 1020 g/mol. The number of phenolic OH excluding ortho intramolecular Hbond substituents is 1. The van der Waals surface area contributed by atoms with Crippen molar-refractivity contribution in [2.45, 2.75) is 71.6 Å². The standard InChI is InChI=1S/C59H54N3O.Pt/c1-57(2,3)46-30-31-52(50(38-46)40-18-11-9-12-19-40)62-53-24-17-23-48(55(53)61-56(62)49-22-15-16-25-54(49)63)42-34-43(36-47(35-42)58(4,5)6)51-37-41(32-33-60-51)39-26-28-45(29-27-39)59(7,8)44-20-13-10-14-21-44;/h9-33,35-38,63H,1-8H3;/q-1;. The fourth-order valence-corrected chi connectivity index (χ4v) is 8.59. The SMILES string of the molecule is CC(C)(C)c1cc(-c2cc(-c3ccc(C(C)(C)c4ccccc4)cc3)ccn2)[c-]c(-c2cccc3c2nc(-c2ccccc2O)n3-c2ccc(C(C)(C)C)cc2-c2ccccc2)c1.[Pt]. The van der Waals surface area contributed by atoms with Crippen molar-refractivity contribution in [1.82, 2.24) is 14.5 Å². The summed E-state index contributed by atoms with van der Waals surface area (Å²) in [5.41, 5.74) is 16.1. The van der Waals surface area contributed by atoms with Crippen LogP contribution in [0.3, 0.4) is 0 Å². The second kappa shape index (κ2) is 17.3. The molecule has 0 saturated carbocycles.